The second kappa shape index (κ2) is 11.0. The van der Waals surface area contributed by atoms with Crippen LogP contribution in [0.3, 0.4) is 0 Å². The molecule has 2 aromatic carbocycles. The van der Waals surface area contributed by atoms with Gasteiger partial charge in [-0.1, -0.05) is 54.6 Å². The Morgan fingerprint density at radius 1 is 1.03 bits per heavy atom. The summed E-state index contributed by atoms with van der Waals surface area (Å²) in [6.07, 6.45) is 4.37. The highest BCUT2D eigenvalue weighted by atomic mass is 16.5. The maximum absolute atomic E-state index is 5.72. The Balaban J connectivity index is 1.31. The summed E-state index contributed by atoms with van der Waals surface area (Å²) in [6.45, 7) is 8.03. The van der Waals surface area contributed by atoms with E-state index in [1.54, 1.807) is 0 Å². The van der Waals surface area contributed by atoms with Crippen LogP contribution in [0.4, 0.5) is 0 Å². The number of piperidine rings is 1. The highest BCUT2D eigenvalue weighted by Crippen LogP contribution is 2.36. The van der Waals surface area contributed by atoms with Crippen molar-refractivity contribution in [1.29, 1.82) is 0 Å². The fourth-order valence-electron chi connectivity index (χ4n) is 5.19. The molecule has 172 valence electrons. The Labute approximate surface area is 193 Å². The van der Waals surface area contributed by atoms with E-state index in [0.717, 1.165) is 71.0 Å². The second-order valence-corrected chi connectivity index (χ2v) is 9.31. The number of hydrogen-bond acceptors (Lipinski definition) is 3. The Hall–Kier alpha value is -2.37. The number of aliphatic imine (C=N–C) groups is 1. The van der Waals surface area contributed by atoms with Gasteiger partial charge in [0.2, 0.25) is 0 Å². The Bertz CT molecular complexity index is 868. The molecule has 2 saturated heterocycles. The summed E-state index contributed by atoms with van der Waals surface area (Å²) in [5, 5.41) is 7.37. The summed E-state index contributed by atoms with van der Waals surface area (Å²) in [5.41, 5.74) is 4.31. The first-order chi connectivity index (χ1) is 15.7. The van der Waals surface area contributed by atoms with Gasteiger partial charge in [0.1, 0.15) is 0 Å². The number of ether oxygens (including phenoxy) is 1. The molecule has 0 bridgehead atoms. The van der Waals surface area contributed by atoms with E-state index in [4.69, 9.17) is 4.74 Å². The Morgan fingerprint density at radius 3 is 2.41 bits per heavy atom. The predicted molar refractivity (Wildman–Crippen MR) is 132 cm³/mol. The number of guanidine groups is 1. The van der Waals surface area contributed by atoms with Crippen LogP contribution in [0.1, 0.15) is 42.4 Å². The molecule has 2 aromatic rings. The van der Waals surface area contributed by atoms with E-state index >= 15 is 0 Å². The maximum Gasteiger partial charge on any atom is 0.191 e. The standard InChI is InChI=1S/C27H38N4O/c1-22-8-6-7-11-25(22)27(14-18-32-19-15-27)21-29-26(28-2)30-24-12-16-31(17-13-24)20-23-9-4-3-5-10-23/h3-11,24H,12-21H2,1-2H3,(H2,28,29,30). The third-order valence-electron chi connectivity index (χ3n) is 7.16. The molecule has 2 aliphatic rings. The molecular formula is C27H38N4O. The zero-order chi connectivity index (χ0) is 22.2. The van der Waals surface area contributed by atoms with Gasteiger partial charge < -0.3 is 15.4 Å². The quantitative estimate of drug-likeness (QED) is 0.535. The van der Waals surface area contributed by atoms with Crippen molar-refractivity contribution in [1.82, 2.24) is 15.5 Å². The van der Waals surface area contributed by atoms with Gasteiger partial charge >= 0.3 is 0 Å². The van der Waals surface area contributed by atoms with Gasteiger partial charge in [0, 0.05) is 57.9 Å². The number of hydrogen-bond donors (Lipinski definition) is 2. The lowest BCUT2D eigenvalue weighted by molar-refractivity contribution is 0.0511. The van der Waals surface area contributed by atoms with Crippen LogP contribution < -0.4 is 10.6 Å². The molecule has 0 spiro atoms. The highest BCUT2D eigenvalue weighted by molar-refractivity contribution is 5.80. The van der Waals surface area contributed by atoms with Crippen molar-refractivity contribution in [3.05, 3.63) is 71.3 Å². The summed E-state index contributed by atoms with van der Waals surface area (Å²) in [7, 11) is 1.88. The molecule has 0 amide bonds. The van der Waals surface area contributed by atoms with Crippen LogP contribution >= 0.6 is 0 Å². The minimum Gasteiger partial charge on any atom is -0.381 e. The molecule has 0 aliphatic carbocycles. The van der Waals surface area contributed by atoms with Gasteiger partial charge in [0.15, 0.2) is 5.96 Å². The molecular weight excluding hydrogens is 396 g/mol. The van der Waals surface area contributed by atoms with Crippen LogP contribution in [0, 0.1) is 6.92 Å². The molecule has 0 unspecified atom stereocenters. The lowest BCUT2D eigenvalue weighted by Crippen LogP contribution is -2.52. The highest BCUT2D eigenvalue weighted by Gasteiger charge is 2.35. The number of nitrogens with zero attached hydrogens (tertiary/aromatic N) is 2. The molecule has 0 aromatic heterocycles. The van der Waals surface area contributed by atoms with Gasteiger partial charge in [-0.05, 0) is 49.3 Å². The third kappa shape index (κ3) is 5.70. The normalized spacial score (nSPS) is 20.1. The van der Waals surface area contributed by atoms with Crippen LogP contribution in [0.5, 0.6) is 0 Å². The molecule has 0 radical (unpaired) electrons. The maximum atomic E-state index is 5.72. The Morgan fingerprint density at radius 2 is 1.72 bits per heavy atom. The fourth-order valence-corrected chi connectivity index (χ4v) is 5.19. The summed E-state index contributed by atoms with van der Waals surface area (Å²) < 4.78 is 5.72. The van der Waals surface area contributed by atoms with Gasteiger partial charge in [-0.25, -0.2) is 0 Å². The van der Waals surface area contributed by atoms with E-state index in [1.807, 2.05) is 7.05 Å². The van der Waals surface area contributed by atoms with Crippen molar-refractivity contribution >= 4 is 5.96 Å². The number of benzene rings is 2. The molecule has 32 heavy (non-hydrogen) atoms. The molecule has 2 heterocycles. The van der Waals surface area contributed by atoms with Crippen LogP contribution in [0.15, 0.2) is 59.6 Å². The summed E-state index contributed by atoms with van der Waals surface area (Å²) >= 11 is 0. The first kappa shape index (κ1) is 22.8. The van der Waals surface area contributed by atoms with Crippen molar-refractivity contribution in [2.24, 2.45) is 4.99 Å². The average molecular weight is 435 g/mol. The van der Waals surface area contributed by atoms with E-state index in [9.17, 15) is 0 Å². The smallest absolute Gasteiger partial charge is 0.191 e. The van der Waals surface area contributed by atoms with Gasteiger partial charge in [-0.15, -0.1) is 0 Å². The minimum atomic E-state index is 0.0975. The van der Waals surface area contributed by atoms with Crippen molar-refractivity contribution < 1.29 is 4.74 Å². The zero-order valence-electron chi connectivity index (χ0n) is 19.6. The first-order valence-electron chi connectivity index (χ1n) is 12.1. The summed E-state index contributed by atoms with van der Waals surface area (Å²) in [4.78, 5) is 7.10. The monoisotopic (exact) mass is 434 g/mol. The molecule has 0 saturated carbocycles. The van der Waals surface area contributed by atoms with Gasteiger partial charge in [0.25, 0.3) is 0 Å². The molecule has 5 nitrogen and oxygen atoms in total. The fraction of sp³-hybridized carbons (Fsp3) is 0.519. The zero-order valence-corrected chi connectivity index (χ0v) is 19.6. The van der Waals surface area contributed by atoms with E-state index in [-0.39, 0.29) is 5.41 Å². The van der Waals surface area contributed by atoms with E-state index < -0.39 is 0 Å². The number of nitrogens with one attached hydrogen (secondary N) is 2. The lowest BCUT2D eigenvalue weighted by Gasteiger charge is -2.39. The number of rotatable bonds is 6. The van der Waals surface area contributed by atoms with E-state index in [2.05, 4.69) is 82.0 Å². The van der Waals surface area contributed by atoms with Crippen LogP contribution in [-0.4, -0.2) is 56.8 Å². The molecule has 2 N–H and O–H groups in total. The molecule has 2 fully saturated rings. The predicted octanol–water partition coefficient (Wildman–Crippen LogP) is 3.87. The third-order valence-corrected chi connectivity index (χ3v) is 7.16. The molecule has 0 atom stereocenters. The SMILES string of the molecule is CN=C(NCC1(c2ccccc2C)CCOCC1)NC1CCN(Cc2ccccc2)CC1. The molecule has 5 heteroatoms. The first-order valence-corrected chi connectivity index (χ1v) is 12.1. The largest absolute Gasteiger partial charge is 0.381 e. The van der Waals surface area contributed by atoms with E-state index in [0.29, 0.717) is 6.04 Å². The van der Waals surface area contributed by atoms with Gasteiger partial charge in [-0.2, -0.15) is 0 Å². The second-order valence-electron chi connectivity index (χ2n) is 9.31. The molecule has 2 aliphatic heterocycles. The topological polar surface area (TPSA) is 48.9 Å². The Kier molecular flexibility index (Phi) is 7.82. The number of aryl methyl sites for hydroxylation is 1. The van der Waals surface area contributed by atoms with Gasteiger partial charge in [-0.3, -0.25) is 9.89 Å². The van der Waals surface area contributed by atoms with Crippen molar-refractivity contribution in [3.8, 4) is 0 Å². The minimum absolute atomic E-state index is 0.0975. The van der Waals surface area contributed by atoms with Gasteiger partial charge in [0.05, 0.1) is 0 Å². The summed E-state index contributed by atoms with van der Waals surface area (Å²) in [6, 6.07) is 20.1. The average Bonchev–Trinajstić information content (AvgIpc) is 2.84. The van der Waals surface area contributed by atoms with E-state index in [1.165, 1.54) is 16.7 Å². The lowest BCUT2D eigenvalue weighted by atomic mass is 9.72. The number of likely N-dealkylation sites (tertiary alicyclic amines) is 1. The van der Waals surface area contributed by atoms with Crippen LogP contribution in [0.25, 0.3) is 0 Å². The van der Waals surface area contributed by atoms with Crippen LogP contribution in [-0.2, 0) is 16.7 Å². The molecule has 4 rings (SSSR count). The summed E-state index contributed by atoms with van der Waals surface area (Å²) in [5.74, 6) is 0.922. The van der Waals surface area contributed by atoms with Crippen LogP contribution in [0.2, 0.25) is 0 Å². The van der Waals surface area contributed by atoms with Crippen molar-refractivity contribution in [3.63, 3.8) is 0 Å². The van der Waals surface area contributed by atoms with Crippen molar-refractivity contribution in [2.45, 2.75) is 50.6 Å². The van der Waals surface area contributed by atoms with Crippen molar-refractivity contribution in [2.75, 3.05) is 39.9 Å².